The monoisotopic (exact) mass is 368 g/mol. The predicted molar refractivity (Wildman–Crippen MR) is 101 cm³/mol. The summed E-state index contributed by atoms with van der Waals surface area (Å²) in [4.78, 5) is 32.5. The normalized spacial score (nSPS) is 26.7. The largest absolute Gasteiger partial charge is 0.329 e. The average Bonchev–Trinajstić information content (AvgIpc) is 2.92. The fourth-order valence-electron chi connectivity index (χ4n) is 3.42. The van der Waals surface area contributed by atoms with Crippen LogP contribution in [-0.2, 0) is 11.3 Å². The van der Waals surface area contributed by atoms with Crippen molar-refractivity contribution in [3.63, 3.8) is 0 Å². The smallest absolute Gasteiger partial charge is 0.319 e. The van der Waals surface area contributed by atoms with Crippen molar-refractivity contribution in [2.45, 2.75) is 12.6 Å². The molecule has 0 saturated carbocycles. The van der Waals surface area contributed by atoms with Gasteiger partial charge in [0.2, 0.25) is 0 Å². The summed E-state index contributed by atoms with van der Waals surface area (Å²) in [6.07, 6.45) is 3.28. The summed E-state index contributed by atoms with van der Waals surface area (Å²) in [6.45, 7) is 1.43. The number of nitrogens with two attached hydrogens (primary N) is 1. The maximum Gasteiger partial charge on any atom is 0.329 e. The third-order valence-corrected chi connectivity index (χ3v) is 5.45. The molecule has 8 heteroatoms. The molecule has 0 spiro atoms. The molecule has 2 unspecified atom stereocenters. The number of imide groups is 1. The highest BCUT2D eigenvalue weighted by molar-refractivity contribution is 8.18. The Hall–Kier alpha value is -2.55. The van der Waals surface area contributed by atoms with Gasteiger partial charge in [0.05, 0.1) is 23.7 Å². The lowest BCUT2D eigenvalue weighted by atomic mass is 9.95. The molecule has 1 saturated heterocycles. The second-order valence-electron chi connectivity index (χ2n) is 6.68. The minimum Gasteiger partial charge on any atom is -0.319 e. The van der Waals surface area contributed by atoms with Gasteiger partial charge in [0, 0.05) is 11.8 Å². The molecule has 2 aliphatic rings. The molecule has 132 valence electrons. The van der Waals surface area contributed by atoms with Gasteiger partial charge in [-0.25, -0.2) is 0 Å². The van der Waals surface area contributed by atoms with Crippen LogP contribution in [0.5, 0.6) is 0 Å². The van der Waals surface area contributed by atoms with E-state index in [4.69, 9.17) is 5.73 Å². The van der Waals surface area contributed by atoms with Gasteiger partial charge in [-0.05, 0) is 29.5 Å². The van der Waals surface area contributed by atoms with Crippen LogP contribution in [-0.4, -0.2) is 34.7 Å². The van der Waals surface area contributed by atoms with E-state index in [1.165, 1.54) is 11.1 Å². The van der Waals surface area contributed by atoms with Gasteiger partial charge in [-0.15, -0.1) is 0 Å². The molecule has 26 heavy (non-hydrogen) atoms. The van der Waals surface area contributed by atoms with Gasteiger partial charge in [-0.2, -0.15) is 9.97 Å². The van der Waals surface area contributed by atoms with Crippen LogP contribution in [0.2, 0.25) is 0 Å². The van der Waals surface area contributed by atoms with Crippen LogP contribution in [0, 0.1) is 0 Å². The average molecular weight is 368 g/mol. The van der Waals surface area contributed by atoms with Crippen LogP contribution in [0.3, 0.4) is 0 Å². The molecule has 2 aliphatic heterocycles. The van der Waals surface area contributed by atoms with Crippen LogP contribution in [0.1, 0.15) is 22.9 Å². The second kappa shape index (κ2) is 6.31. The summed E-state index contributed by atoms with van der Waals surface area (Å²) in [6, 6.07) is 9.79. The Labute approximate surface area is 154 Å². The van der Waals surface area contributed by atoms with Crippen molar-refractivity contribution >= 4 is 34.9 Å². The summed E-state index contributed by atoms with van der Waals surface area (Å²) < 4.78 is 0.480. The van der Waals surface area contributed by atoms with E-state index in [0.717, 1.165) is 18.3 Å². The molecule has 3 N–H and O–H groups in total. The molecule has 1 aromatic carbocycles. The van der Waals surface area contributed by atoms with E-state index in [-0.39, 0.29) is 11.3 Å². The summed E-state index contributed by atoms with van der Waals surface area (Å²) in [5.74, 6) is 0.244. The SMILES string of the molecule is C[N+]1(c2nccc(C=C3SC(=O)NC3=O)n2)Cc2ccccc2C(N)C1. The number of fused-ring (bicyclic) bond motifs is 1. The van der Waals surface area contributed by atoms with E-state index in [9.17, 15) is 9.59 Å². The van der Waals surface area contributed by atoms with Crippen molar-refractivity contribution in [3.05, 3.63) is 58.3 Å². The number of quaternary nitrogens is 1. The Bertz CT molecular complexity index is 945. The number of benzene rings is 1. The molecule has 7 nitrogen and oxygen atoms in total. The van der Waals surface area contributed by atoms with Crippen molar-refractivity contribution in [2.75, 3.05) is 13.6 Å². The molecule has 2 amide bonds. The highest BCUT2D eigenvalue weighted by Gasteiger charge is 2.37. The number of likely N-dealkylation sites (N-methyl/N-ethyl adjacent to an activating group) is 1. The third kappa shape index (κ3) is 3.03. The van der Waals surface area contributed by atoms with Gasteiger partial charge in [0.1, 0.15) is 13.1 Å². The summed E-state index contributed by atoms with van der Waals surface area (Å²) in [5.41, 5.74) is 9.34. The fraction of sp³-hybridized carbons (Fsp3) is 0.222. The number of amides is 2. The minimum absolute atomic E-state index is 0.0932. The number of carbonyl (C=O) groups excluding carboxylic acids is 2. The van der Waals surface area contributed by atoms with Crippen molar-refractivity contribution in [2.24, 2.45) is 5.73 Å². The zero-order valence-electron chi connectivity index (χ0n) is 14.2. The number of thioether (sulfide) groups is 1. The maximum absolute atomic E-state index is 11.7. The van der Waals surface area contributed by atoms with Crippen molar-refractivity contribution in [1.29, 1.82) is 0 Å². The van der Waals surface area contributed by atoms with Gasteiger partial charge in [0.25, 0.3) is 11.1 Å². The van der Waals surface area contributed by atoms with E-state index >= 15 is 0 Å². The van der Waals surface area contributed by atoms with Crippen molar-refractivity contribution < 1.29 is 9.59 Å². The zero-order valence-corrected chi connectivity index (χ0v) is 15.0. The van der Waals surface area contributed by atoms with E-state index in [1.807, 2.05) is 12.1 Å². The molecule has 0 radical (unpaired) electrons. The molecule has 1 aromatic heterocycles. The number of rotatable bonds is 2. The third-order valence-electron chi connectivity index (χ3n) is 4.64. The number of carbonyl (C=O) groups is 2. The van der Waals surface area contributed by atoms with Gasteiger partial charge in [-0.1, -0.05) is 24.3 Å². The van der Waals surface area contributed by atoms with Gasteiger partial charge >= 0.3 is 5.95 Å². The molecule has 3 heterocycles. The molecule has 2 aromatic rings. The van der Waals surface area contributed by atoms with Crippen LogP contribution < -0.4 is 15.5 Å². The second-order valence-corrected chi connectivity index (χ2v) is 7.69. The number of hydrogen-bond acceptors (Lipinski definition) is 6. The van der Waals surface area contributed by atoms with E-state index in [1.54, 1.807) is 18.3 Å². The minimum atomic E-state index is -0.394. The first kappa shape index (κ1) is 16.9. The van der Waals surface area contributed by atoms with Crippen molar-refractivity contribution in [1.82, 2.24) is 19.8 Å². The highest BCUT2D eigenvalue weighted by Crippen LogP contribution is 2.32. The lowest BCUT2D eigenvalue weighted by molar-refractivity contribution is -0.115. The summed E-state index contributed by atoms with van der Waals surface area (Å²) in [5, 5.41) is 1.87. The highest BCUT2D eigenvalue weighted by atomic mass is 32.2. The number of nitrogens with zero attached hydrogens (tertiary/aromatic N) is 3. The summed E-state index contributed by atoms with van der Waals surface area (Å²) >= 11 is 0.876. The zero-order chi connectivity index (χ0) is 18.3. The van der Waals surface area contributed by atoms with Crippen LogP contribution in [0.25, 0.3) is 6.08 Å². The standard InChI is InChI=1S/C18H17N5O2S/c1-23(9-11-4-2-3-5-13(11)14(19)10-23)17-20-7-6-12(21-17)8-15-16(24)22-18(25)26-15/h2-8,14H,9-10,19H2,1H3/p+1. The number of hydrogen-bond donors (Lipinski definition) is 2. The maximum atomic E-state index is 11.7. The Morgan fingerprint density at radius 1 is 1.31 bits per heavy atom. The molecular weight excluding hydrogens is 350 g/mol. The molecule has 0 aliphatic carbocycles. The molecule has 2 atom stereocenters. The molecular formula is C18H18N5O2S+. The molecule has 1 fully saturated rings. The fourth-order valence-corrected chi connectivity index (χ4v) is 4.09. The Kier molecular flexibility index (Phi) is 4.10. The van der Waals surface area contributed by atoms with Gasteiger partial charge in [0.15, 0.2) is 0 Å². The van der Waals surface area contributed by atoms with Gasteiger partial charge in [-0.3, -0.25) is 19.4 Å². The first-order chi connectivity index (χ1) is 12.4. The van der Waals surface area contributed by atoms with Crippen LogP contribution in [0.4, 0.5) is 10.7 Å². The van der Waals surface area contributed by atoms with E-state index in [2.05, 4.69) is 34.5 Å². The van der Waals surface area contributed by atoms with Crippen molar-refractivity contribution in [3.8, 4) is 0 Å². The predicted octanol–water partition coefficient (Wildman–Crippen LogP) is 1.95. The lowest BCUT2D eigenvalue weighted by Gasteiger charge is -2.38. The van der Waals surface area contributed by atoms with E-state index in [0.29, 0.717) is 27.6 Å². The molecule has 0 bridgehead atoms. The lowest BCUT2D eigenvalue weighted by Crippen LogP contribution is -2.53. The Morgan fingerprint density at radius 3 is 2.88 bits per heavy atom. The molecule has 4 rings (SSSR count). The topological polar surface area (TPSA) is 98.0 Å². The Morgan fingerprint density at radius 2 is 2.12 bits per heavy atom. The van der Waals surface area contributed by atoms with Gasteiger partial charge < -0.3 is 5.73 Å². The quantitative estimate of drug-likeness (QED) is 0.621. The first-order valence-corrected chi connectivity index (χ1v) is 9.03. The number of aromatic nitrogens is 2. The van der Waals surface area contributed by atoms with Crippen LogP contribution in [0.15, 0.2) is 41.4 Å². The first-order valence-electron chi connectivity index (χ1n) is 8.21. The number of nitrogens with one attached hydrogen (secondary N) is 1. The van der Waals surface area contributed by atoms with Crippen LogP contribution >= 0.6 is 11.8 Å². The Balaban J connectivity index is 1.68. The van der Waals surface area contributed by atoms with E-state index < -0.39 is 5.91 Å². The summed E-state index contributed by atoms with van der Waals surface area (Å²) in [7, 11) is 2.06.